The van der Waals surface area contributed by atoms with Gasteiger partial charge in [-0.15, -0.1) is 0 Å². The fraction of sp³-hybridized carbons (Fsp3) is 0.692. The molecule has 0 radical (unpaired) electrons. The minimum absolute atomic E-state index is 0.441. The Morgan fingerprint density at radius 1 is 1.29 bits per heavy atom. The van der Waals surface area contributed by atoms with Gasteiger partial charge < -0.3 is 10.6 Å². The van der Waals surface area contributed by atoms with Crippen LogP contribution in [0.15, 0.2) is 6.07 Å². The van der Waals surface area contributed by atoms with E-state index in [1.165, 1.54) is 12.8 Å². The molecule has 1 fully saturated rings. The number of hydrogen-bond acceptors (Lipinski definition) is 4. The predicted molar refractivity (Wildman–Crippen MR) is 71.1 cm³/mol. The lowest BCUT2D eigenvalue weighted by Crippen LogP contribution is -2.34. The standard InChI is InChI=1S/C13H22N4/c1-8(2)9(3)17(4)12-7-11(14)15-13(16-12)10-5-6-10/h7-10H,5-6H2,1-4H3,(H2,14,15,16). The van der Waals surface area contributed by atoms with Crippen molar-refractivity contribution in [2.24, 2.45) is 5.92 Å². The average Bonchev–Trinajstić information content (AvgIpc) is 3.09. The molecule has 1 atom stereocenters. The number of rotatable bonds is 4. The Bertz CT molecular complexity index is 398. The molecule has 0 aliphatic heterocycles. The molecular weight excluding hydrogens is 212 g/mol. The van der Waals surface area contributed by atoms with Crippen molar-refractivity contribution in [2.75, 3.05) is 17.7 Å². The first-order chi connectivity index (χ1) is 7.99. The van der Waals surface area contributed by atoms with Gasteiger partial charge in [-0.05, 0) is 25.7 Å². The summed E-state index contributed by atoms with van der Waals surface area (Å²) >= 11 is 0. The van der Waals surface area contributed by atoms with Gasteiger partial charge in [0.25, 0.3) is 0 Å². The minimum Gasteiger partial charge on any atom is -0.384 e. The molecule has 1 saturated carbocycles. The lowest BCUT2D eigenvalue weighted by molar-refractivity contribution is 0.502. The van der Waals surface area contributed by atoms with E-state index in [2.05, 4.69) is 42.7 Å². The molecule has 0 aromatic carbocycles. The first kappa shape index (κ1) is 12.1. The zero-order chi connectivity index (χ0) is 12.6. The quantitative estimate of drug-likeness (QED) is 0.869. The van der Waals surface area contributed by atoms with Crippen LogP contribution in [0, 0.1) is 5.92 Å². The van der Waals surface area contributed by atoms with Gasteiger partial charge in [-0.3, -0.25) is 0 Å². The Morgan fingerprint density at radius 3 is 2.47 bits per heavy atom. The maximum absolute atomic E-state index is 5.86. The second kappa shape index (κ2) is 4.51. The third kappa shape index (κ3) is 2.68. The molecule has 1 heterocycles. The summed E-state index contributed by atoms with van der Waals surface area (Å²) < 4.78 is 0. The van der Waals surface area contributed by atoms with Gasteiger partial charge in [-0.25, -0.2) is 9.97 Å². The summed E-state index contributed by atoms with van der Waals surface area (Å²) in [5, 5.41) is 0. The van der Waals surface area contributed by atoms with Gasteiger partial charge in [0.15, 0.2) is 0 Å². The highest BCUT2D eigenvalue weighted by Crippen LogP contribution is 2.39. The minimum atomic E-state index is 0.441. The highest BCUT2D eigenvalue weighted by atomic mass is 15.2. The van der Waals surface area contributed by atoms with Crippen LogP contribution in [0.1, 0.15) is 45.4 Å². The molecule has 1 aromatic heterocycles. The highest BCUT2D eigenvalue weighted by Gasteiger charge is 2.28. The number of nitrogen functional groups attached to an aromatic ring is 1. The third-order valence-corrected chi connectivity index (χ3v) is 3.63. The summed E-state index contributed by atoms with van der Waals surface area (Å²) in [6, 6.07) is 2.31. The number of anilines is 2. The molecule has 0 spiro atoms. The van der Waals surface area contributed by atoms with E-state index in [4.69, 9.17) is 5.73 Å². The second-order valence-corrected chi connectivity index (χ2v) is 5.38. The van der Waals surface area contributed by atoms with E-state index in [1.807, 2.05) is 6.07 Å². The van der Waals surface area contributed by atoms with Crippen LogP contribution in [-0.2, 0) is 0 Å². The smallest absolute Gasteiger partial charge is 0.136 e. The Hall–Kier alpha value is -1.32. The van der Waals surface area contributed by atoms with Crippen LogP contribution in [0.25, 0.3) is 0 Å². The summed E-state index contributed by atoms with van der Waals surface area (Å²) in [5.41, 5.74) is 5.86. The van der Waals surface area contributed by atoms with Gasteiger partial charge in [0.2, 0.25) is 0 Å². The van der Waals surface area contributed by atoms with Crippen LogP contribution in [-0.4, -0.2) is 23.1 Å². The van der Waals surface area contributed by atoms with E-state index in [0.29, 0.717) is 23.7 Å². The number of hydrogen-bond donors (Lipinski definition) is 1. The van der Waals surface area contributed by atoms with Crippen molar-refractivity contribution in [1.29, 1.82) is 0 Å². The van der Waals surface area contributed by atoms with Crippen LogP contribution in [0.4, 0.5) is 11.6 Å². The number of nitrogens with zero attached hydrogens (tertiary/aromatic N) is 3. The van der Waals surface area contributed by atoms with Gasteiger partial charge in [-0.1, -0.05) is 13.8 Å². The summed E-state index contributed by atoms with van der Waals surface area (Å²) in [7, 11) is 2.07. The molecule has 4 heteroatoms. The largest absolute Gasteiger partial charge is 0.384 e. The fourth-order valence-corrected chi connectivity index (χ4v) is 1.83. The second-order valence-electron chi connectivity index (χ2n) is 5.38. The summed E-state index contributed by atoms with van der Waals surface area (Å²) in [6.45, 7) is 6.64. The fourth-order valence-electron chi connectivity index (χ4n) is 1.83. The molecule has 2 rings (SSSR count). The van der Waals surface area contributed by atoms with E-state index >= 15 is 0 Å². The maximum Gasteiger partial charge on any atom is 0.136 e. The lowest BCUT2D eigenvalue weighted by Gasteiger charge is -2.29. The van der Waals surface area contributed by atoms with Crippen molar-refractivity contribution in [2.45, 2.75) is 45.6 Å². The molecule has 2 N–H and O–H groups in total. The normalized spacial score (nSPS) is 17.2. The maximum atomic E-state index is 5.86. The van der Waals surface area contributed by atoms with Gasteiger partial charge >= 0.3 is 0 Å². The van der Waals surface area contributed by atoms with Crippen LogP contribution in [0.5, 0.6) is 0 Å². The molecule has 0 amide bonds. The van der Waals surface area contributed by atoms with Gasteiger partial charge in [0.05, 0.1) is 0 Å². The van der Waals surface area contributed by atoms with Crippen LogP contribution < -0.4 is 10.6 Å². The molecule has 0 bridgehead atoms. The number of aromatic nitrogens is 2. The molecule has 1 unspecified atom stereocenters. The SMILES string of the molecule is CC(C)C(C)N(C)c1cc(N)nc(C2CC2)n1. The number of nitrogens with two attached hydrogens (primary N) is 1. The van der Waals surface area contributed by atoms with Gasteiger partial charge in [0.1, 0.15) is 17.5 Å². The van der Waals surface area contributed by atoms with Crippen molar-refractivity contribution >= 4 is 11.6 Å². The molecule has 1 aliphatic rings. The first-order valence-electron chi connectivity index (χ1n) is 6.36. The van der Waals surface area contributed by atoms with Crippen LogP contribution >= 0.6 is 0 Å². The molecule has 0 saturated heterocycles. The van der Waals surface area contributed by atoms with Crippen molar-refractivity contribution in [1.82, 2.24) is 9.97 Å². The topological polar surface area (TPSA) is 55.0 Å². The van der Waals surface area contributed by atoms with E-state index in [0.717, 1.165) is 11.6 Å². The summed E-state index contributed by atoms with van der Waals surface area (Å²) in [5.74, 6) is 3.57. The van der Waals surface area contributed by atoms with Crippen molar-refractivity contribution in [3.63, 3.8) is 0 Å². The zero-order valence-corrected chi connectivity index (χ0v) is 11.1. The van der Waals surface area contributed by atoms with Crippen molar-refractivity contribution in [3.05, 3.63) is 11.9 Å². The molecule has 17 heavy (non-hydrogen) atoms. The molecular formula is C13H22N4. The van der Waals surface area contributed by atoms with E-state index in [-0.39, 0.29) is 0 Å². The van der Waals surface area contributed by atoms with E-state index in [9.17, 15) is 0 Å². The third-order valence-electron chi connectivity index (χ3n) is 3.63. The highest BCUT2D eigenvalue weighted by molar-refractivity contribution is 5.47. The molecule has 94 valence electrons. The Kier molecular flexibility index (Phi) is 3.22. The van der Waals surface area contributed by atoms with E-state index in [1.54, 1.807) is 0 Å². The monoisotopic (exact) mass is 234 g/mol. The molecule has 4 nitrogen and oxygen atoms in total. The van der Waals surface area contributed by atoms with Crippen molar-refractivity contribution in [3.8, 4) is 0 Å². The molecule has 1 aliphatic carbocycles. The molecule has 1 aromatic rings. The first-order valence-corrected chi connectivity index (χ1v) is 6.36. The summed E-state index contributed by atoms with van der Waals surface area (Å²) in [4.78, 5) is 11.1. The predicted octanol–water partition coefficient (Wildman–Crippen LogP) is 2.42. The van der Waals surface area contributed by atoms with Gasteiger partial charge in [0, 0.05) is 25.1 Å². The van der Waals surface area contributed by atoms with Crippen LogP contribution in [0.2, 0.25) is 0 Å². The lowest BCUT2D eigenvalue weighted by atomic mass is 10.1. The summed E-state index contributed by atoms with van der Waals surface area (Å²) in [6.07, 6.45) is 2.40. The average molecular weight is 234 g/mol. The Labute approximate surface area is 103 Å². The Morgan fingerprint density at radius 2 is 1.94 bits per heavy atom. The Balaban J connectivity index is 2.24. The van der Waals surface area contributed by atoms with Crippen molar-refractivity contribution < 1.29 is 0 Å². The zero-order valence-electron chi connectivity index (χ0n) is 11.1. The van der Waals surface area contributed by atoms with Gasteiger partial charge in [-0.2, -0.15) is 0 Å². The van der Waals surface area contributed by atoms with Crippen LogP contribution in [0.3, 0.4) is 0 Å². The van der Waals surface area contributed by atoms with E-state index < -0.39 is 0 Å².